The van der Waals surface area contributed by atoms with Crippen LogP contribution >= 0.6 is 0 Å². The van der Waals surface area contributed by atoms with Crippen molar-refractivity contribution in [3.63, 3.8) is 0 Å². The molecular weight excluding hydrogens is 248 g/mol. The summed E-state index contributed by atoms with van der Waals surface area (Å²) in [5, 5.41) is 9.99. The SMILES string of the molecule is CC(C)(C)OC(=O)C[C@H]1C[C@@H](O)[C@H]2OC(C)(C)O[C@@H]12. The average Bonchev–Trinajstić information content (AvgIpc) is 2.61. The zero-order valence-corrected chi connectivity index (χ0v) is 12.3. The Morgan fingerprint density at radius 1 is 1.32 bits per heavy atom. The molecule has 1 saturated heterocycles. The number of carbonyl (C=O) groups is 1. The highest BCUT2D eigenvalue weighted by molar-refractivity contribution is 5.70. The molecule has 5 heteroatoms. The number of esters is 1. The molecule has 0 aromatic heterocycles. The van der Waals surface area contributed by atoms with E-state index in [4.69, 9.17) is 14.2 Å². The minimum Gasteiger partial charge on any atom is -0.460 e. The van der Waals surface area contributed by atoms with Gasteiger partial charge in [0.1, 0.15) is 11.7 Å². The Bertz CT molecular complexity index is 357. The molecule has 0 unspecified atom stereocenters. The van der Waals surface area contributed by atoms with Crippen LogP contribution in [0.2, 0.25) is 0 Å². The Labute approximate surface area is 114 Å². The number of hydrogen-bond donors (Lipinski definition) is 1. The molecule has 1 heterocycles. The van der Waals surface area contributed by atoms with E-state index in [1.54, 1.807) is 0 Å². The van der Waals surface area contributed by atoms with Gasteiger partial charge in [-0.2, -0.15) is 0 Å². The molecule has 0 radical (unpaired) electrons. The second kappa shape index (κ2) is 4.72. The molecule has 0 bridgehead atoms. The van der Waals surface area contributed by atoms with Crippen LogP contribution in [0.5, 0.6) is 0 Å². The molecule has 0 aromatic carbocycles. The molecule has 1 aliphatic carbocycles. The van der Waals surface area contributed by atoms with E-state index in [-0.39, 0.29) is 30.5 Å². The Kier molecular flexibility index (Phi) is 3.66. The predicted octanol–water partition coefficient (Wildman–Crippen LogP) is 1.62. The van der Waals surface area contributed by atoms with Crippen LogP contribution in [0.15, 0.2) is 0 Å². The second-order valence-electron chi connectivity index (χ2n) is 6.92. The minimum absolute atomic E-state index is 0.0448. The van der Waals surface area contributed by atoms with Gasteiger partial charge in [-0.05, 0) is 41.0 Å². The van der Waals surface area contributed by atoms with E-state index in [1.807, 2.05) is 34.6 Å². The van der Waals surface area contributed by atoms with Gasteiger partial charge >= 0.3 is 5.97 Å². The highest BCUT2D eigenvalue weighted by Crippen LogP contribution is 2.43. The first-order chi connectivity index (χ1) is 8.57. The number of fused-ring (bicyclic) bond motifs is 1. The molecule has 4 atom stereocenters. The van der Waals surface area contributed by atoms with Crippen LogP contribution in [-0.2, 0) is 19.0 Å². The Hall–Kier alpha value is -0.650. The largest absolute Gasteiger partial charge is 0.460 e. The minimum atomic E-state index is -0.692. The summed E-state index contributed by atoms with van der Waals surface area (Å²) in [4.78, 5) is 11.9. The molecule has 2 aliphatic rings. The third-order valence-corrected chi connectivity index (χ3v) is 3.40. The highest BCUT2D eigenvalue weighted by Gasteiger charge is 2.54. The fraction of sp³-hybridized carbons (Fsp3) is 0.929. The molecular formula is C14H24O5. The predicted molar refractivity (Wildman–Crippen MR) is 68.4 cm³/mol. The summed E-state index contributed by atoms with van der Waals surface area (Å²) in [6.07, 6.45) is -0.348. The molecule has 1 saturated carbocycles. The van der Waals surface area contributed by atoms with Gasteiger partial charge in [-0.25, -0.2) is 0 Å². The normalized spacial score (nSPS) is 37.2. The number of rotatable bonds is 2. The third kappa shape index (κ3) is 3.46. The standard InChI is InChI=1S/C14H24O5/c1-13(2,3)17-10(16)7-8-6-9(15)12-11(8)18-14(4,5)19-12/h8-9,11-12,15H,6-7H2,1-5H3/t8-,9-,11+,12-/m1/s1. The molecule has 2 rings (SSSR count). The summed E-state index contributed by atoms with van der Waals surface area (Å²) < 4.78 is 16.8. The third-order valence-electron chi connectivity index (χ3n) is 3.40. The van der Waals surface area contributed by atoms with Gasteiger partial charge in [0, 0.05) is 5.92 Å². The molecule has 1 N–H and O–H groups in total. The van der Waals surface area contributed by atoms with Gasteiger partial charge in [-0.3, -0.25) is 4.79 Å². The first-order valence-corrected chi connectivity index (χ1v) is 6.83. The van der Waals surface area contributed by atoms with Crippen LogP contribution in [0.1, 0.15) is 47.5 Å². The van der Waals surface area contributed by atoms with Gasteiger partial charge in [-0.15, -0.1) is 0 Å². The van der Waals surface area contributed by atoms with Crippen LogP contribution in [0.3, 0.4) is 0 Å². The molecule has 1 aliphatic heterocycles. The van der Waals surface area contributed by atoms with Crippen molar-refractivity contribution in [3.8, 4) is 0 Å². The van der Waals surface area contributed by atoms with Crippen molar-refractivity contribution < 1.29 is 24.1 Å². The monoisotopic (exact) mass is 272 g/mol. The lowest BCUT2D eigenvalue weighted by molar-refractivity contribution is -0.171. The zero-order chi connectivity index (χ0) is 14.4. The van der Waals surface area contributed by atoms with E-state index < -0.39 is 17.5 Å². The van der Waals surface area contributed by atoms with Crippen LogP contribution in [0, 0.1) is 5.92 Å². The summed E-state index contributed by atoms with van der Waals surface area (Å²) >= 11 is 0. The van der Waals surface area contributed by atoms with Crippen molar-refractivity contribution in [1.82, 2.24) is 0 Å². The molecule has 5 nitrogen and oxygen atoms in total. The molecule has 19 heavy (non-hydrogen) atoms. The number of aliphatic hydroxyl groups is 1. The van der Waals surface area contributed by atoms with Crippen molar-refractivity contribution in [3.05, 3.63) is 0 Å². The van der Waals surface area contributed by atoms with Crippen LogP contribution in [0.4, 0.5) is 0 Å². The lowest BCUT2D eigenvalue weighted by Crippen LogP contribution is -2.30. The fourth-order valence-corrected chi connectivity index (χ4v) is 2.85. The van der Waals surface area contributed by atoms with E-state index in [9.17, 15) is 9.90 Å². The molecule has 0 amide bonds. The van der Waals surface area contributed by atoms with E-state index in [0.29, 0.717) is 6.42 Å². The highest BCUT2D eigenvalue weighted by atomic mass is 16.8. The summed E-state index contributed by atoms with van der Waals surface area (Å²) in [5.74, 6) is -0.988. The van der Waals surface area contributed by atoms with Gasteiger partial charge < -0.3 is 19.3 Å². The number of carbonyl (C=O) groups excluding carboxylic acids is 1. The van der Waals surface area contributed by atoms with Crippen molar-refractivity contribution in [2.75, 3.05) is 0 Å². The Morgan fingerprint density at radius 2 is 1.89 bits per heavy atom. The summed E-state index contributed by atoms with van der Waals surface area (Å²) in [6, 6.07) is 0. The average molecular weight is 272 g/mol. The van der Waals surface area contributed by atoms with E-state index in [2.05, 4.69) is 0 Å². The Morgan fingerprint density at radius 3 is 2.47 bits per heavy atom. The number of ether oxygens (including phenoxy) is 3. The first kappa shape index (κ1) is 14.8. The van der Waals surface area contributed by atoms with Crippen molar-refractivity contribution >= 4 is 5.97 Å². The number of aliphatic hydroxyl groups excluding tert-OH is 1. The topological polar surface area (TPSA) is 65.0 Å². The van der Waals surface area contributed by atoms with Crippen LogP contribution < -0.4 is 0 Å². The first-order valence-electron chi connectivity index (χ1n) is 6.83. The summed E-state index contributed by atoms with van der Waals surface area (Å²) in [6.45, 7) is 9.17. The van der Waals surface area contributed by atoms with E-state index in [1.165, 1.54) is 0 Å². The lowest BCUT2D eigenvalue weighted by atomic mass is 10.0. The van der Waals surface area contributed by atoms with Gasteiger partial charge in [0.05, 0.1) is 18.6 Å². The zero-order valence-electron chi connectivity index (χ0n) is 12.3. The summed E-state index contributed by atoms with van der Waals surface area (Å²) in [7, 11) is 0. The van der Waals surface area contributed by atoms with Gasteiger partial charge in [0.25, 0.3) is 0 Å². The maximum Gasteiger partial charge on any atom is 0.306 e. The summed E-state index contributed by atoms with van der Waals surface area (Å²) in [5.41, 5.74) is -0.486. The van der Waals surface area contributed by atoms with E-state index in [0.717, 1.165) is 0 Å². The van der Waals surface area contributed by atoms with Crippen LogP contribution in [-0.4, -0.2) is 40.8 Å². The lowest BCUT2D eigenvalue weighted by Gasteiger charge is -2.24. The fourth-order valence-electron chi connectivity index (χ4n) is 2.85. The van der Waals surface area contributed by atoms with Gasteiger partial charge in [-0.1, -0.05) is 0 Å². The molecule has 110 valence electrons. The van der Waals surface area contributed by atoms with E-state index >= 15 is 0 Å². The quantitative estimate of drug-likeness (QED) is 0.774. The maximum atomic E-state index is 11.9. The maximum absolute atomic E-state index is 11.9. The van der Waals surface area contributed by atoms with Crippen LogP contribution in [0.25, 0.3) is 0 Å². The second-order valence-corrected chi connectivity index (χ2v) is 6.92. The molecule has 0 spiro atoms. The van der Waals surface area contributed by atoms with Crippen molar-refractivity contribution in [1.29, 1.82) is 0 Å². The Balaban J connectivity index is 1.97. The van der Waals surface area contributed by atoms with Crippen molar-refractivity contribution in [2.24, 2.45) is 5.92 Å². The van der Waals surface area contributed by atoms with Gasteiger partial charge in [0.15, 0.2) is 5.79 Å². The number of hydrogen-bond acceptors (Lipinski definition) is 5. The molecule has 0 aromatic rings. The van der Waals surface area contributed by atoms with Crippen molar-refractivity contribution in [2.45, 2.75) is 77.2 Å². The van der Waals surface area contributed by atoms with Gasteiger partial charge in [0.2, 0.25) is 0 Å². The molecule has 2 fully saturated rings. The smallest absolute Gasteiger partial charge is 0.306 e.